The number of rotatable bonds is 4. The van der Waals surface area contributed by atoms with Crippen LogP contribution >= 0.6 is 11.6 Å². The van der Waals surface area contributed by atoms with Gasteiger partial charge in [-0.1, -0.05) is 66.5 Å². The number of hydrogen-bond donors (Lipinski definition) is 0. The van der Waals surface area contributed by atoms with E-state index < -0.39 is 0 Å². The average Bonchev–Trinajstić information content (AvgIpc) is 3.04. The third-order valence-corrected chi connectivity index (χ3v) is 4.87. The number of aromatic nitrogens is 2. The van der Waals surface area contributed by atoms with E-state index in [9.17, 15) is 0 Å². The van der Waals surface area contributed by atoms with Gasteiger partial charge < -0.3 is 9.40 Å². The largest absolute Gasteiger partial charge is 0.399 e. The highest BCUT2D eigenvalue weighted by atomic mass is 35.5. The number of para-hydroxylation sites is 1. The number of fused-ring (bicyclic) bond motifs is 3. The van der Waals surface area contributed by atoms with Crippen LogP contribution in [0.2, 0.25) is 5.02 Å². The first kappa shape index (κ1) is 19.9. The quantitative estimate of drug-likeness (QED) is 0.305. The molecule has 0 atom stereocenters. The molecule has 0 unspecified atom stereocenters. The van der Waals surface area contributed by atoms with Crippen molar-refractivity contribution in [2.75, 3.05) is 7.11 Å². The van der Waals surface area contributed by atoms with Crippen LogP contribution in [0.3, 0.4) is 0 Å². The number of oxime groups is 1. The Morgan fingerprint density at radius 1 is 1.07 bits per heavy atom. The lowest BCUT2D eigenvalue weighted by Crippen LogP contribution is -2.01. The molecule has 4 rings (SSSR count). The Balaban J connectivity index is 0.00000109. The molecule has 144 valence electrons. The zero-order chi connectivity index (χ0) is 20.1. The molecule has 0 spiro atoms. The molecule has 2 aromatic carbocycles. The van der Waals surface area contributed by atoms with Gasteiger partial charge in [-0.15, -0.1) is 0 Å². The predicted molar refractivity (Wildman–Crippen MR) is 118 cm³/mol. The molecule has 2 heterocycles. The summed E-state index contributed by atoms with van der Waals surface area (Å²) in [5.74, 6) is 0. The van der Waals surface area contributed by atoms with Crippen LogP contribution in [0.15, 0.2) is 59.9 Å². The van der Waals surface area contributed by atoms with E-state index in [0.29, 0.717) is 6.54 Å². The van der Waals surface area contributed by atoms with Crippen LogP contribution in [0.1, 0.15) is 30.7 Å². The van der Waals surface area contributed by atoms with Crippen molar-refractivity contribution in [3.8, 4) is 0 Å². The second kappa shape index (κ2) is 8.89. The molecule has 0 saturated heterocycles. The summed E-state index contributed by atoms with van der Waals surface area (Å²) in [6, 6.07) is 16.5. The smallest absolute Gasteiger partial charge is 0.106 e. The van der Waals surface area contributed by atoms with E-state index in [1.165, 1.54) is 18.1 Å². The van der Waals surface area contributed by atoms with Gasteiger partial charge in [-0.05, 0) is 30.7 Å². The standard InChI is InChI=1S/C21H18ClN3O.C2H6/c1-14-7-8-19(22)15(9-14)13-25-20-6-4-3-5-17(20)18-10-16(11-24-26-2)23-12-21(18)25;1-2/h3-12H,13H2,1-2H3;1-2H3/b24-11+;. The average molecular weight is 394 g/mol. The Morgan fingerprint density at radius 2 is 1.86 bits per heavy atom. The molecule has 0 amide bonds. The van der Waals surface area contributed by atoms with Gasteiger partial charge in [-0.25, -0.2) is 0 Å². The van der Waals surface area contributed by atoms with Gasteiger partial charge in [0.1, 0.15) is 7.11 Å². The van der Waals surface area contributed by atoms with Gasteiger partial charge in [0.15, 0.2) is 0 Å². The maximum Gasteiger partial charge on any atom is 0.106 e. The number of benzene rings is 2. The summed E-state index contributed by atoms with van der Waals surface area (Å²) < 4.78 is 2.26. The molecule has 0 radical (unpaired) electrons. The monoisotopic (exact) mass is 393 g/mol. The highest BCUT2D eigenvalue weighted by Gasteiger charge is 2.13. The first-order valence-corrected chi connectivity index (χ1v) is 9.73. The Labute approximate surface area is 170 Å². The molecule has 0 bridgehead atoms. The zero-order valence-electron chi connectivity index (χ0n) is 16.6. The van der Waals surface area contributed by atoms with Crippen molar-refractivity contribution in [1.82, 2.24) is 9.55 Å². The molecule has 4 aromatic rings. The van der Waals surface area contributed by atoms with E-state index in [1.807, 2.05) is 38.2 Å². The molecule has 5 heteroatoms. The van der Waals surface area contributed by atoms with Crippen molar-refractivity contribution in [2.24, 2.45) is 5.16 Å². The molecule has 4 nitrogen and oxygen atoms in total. The van der Waals surface area contributed by atoms with Crippen molar-refractivity contribution >= 4 is 39.6 Å². The summed E-state index contributed by atoms with van der Waals surface area (Å²) in [7, 11) is 1.52. The van der Waals surface area contributed by atoms with Crippen LogP contribution < -0.4 is 0 Å². The predicted octanol–water partition coefficient (Wildman–Crippen LogP) is 6.21. The van der Waals surface area contributed by atoms with Crippen molar-refractivity contribution in [3.05, 3.63) is 76.6 Å². The minimum absolute atomic E-state index is 0.692. The SMILES string of the molecule is CC.CO/N=C/c1cc2c3ccccc3n(Cc3cc(C)ccc3Cl)c2cn1. The Hall–Kier alpha value is -2.85. The van der Waals surface area contributed by atoms with E-state index >= 15 is 0 Å². The molecule has 0 N–H and O–H groups in total. The molecule has 0 aliphatic carbocycles. The van der Waals surface area contributed by atoms with Crippen LogP contribution in [0.5, 0.6) is 0 Å². The second-order valence-corrected chi connectivity index (χ2v) is 6.65. The summed E-state index contributed by atoms with van der Waals surface area (Å²) in [6.07, 6.45) is 3.50. The molecule has 0 aliphatic heterocycles. The van der Waals surface area contributed by atoms with Gasteiger partial charge in [-0.3, -0.25) is 4.98 Å². The van der Waals surface area contributed by atoms with Crippen LogP contribution in [0.25, 0.3) is 21.8 Å². The molecule has 0 saturated carbocycles. The van der Waals surface area contributed by atoms with Crippen LogP contribution in [-0.2, 0) is 11.4 Å². The normalized spacial score (nSPS) is 11.0. The maximum absolute atomic E-state index is 6.44. The third-order valence-electron chi connectivity index (χ3n) is 4.50. The number of pyridine rings is 1. The summed E-state index contributed by atoms with van der Waals surface area (Å²) in [5.41, 5.74) is 5.28. The lowest BCUT2D eigenvalue weighted by molar-refractivity contribution is 0.215. The summed E-state index contributed by atoms with van der Waals surface area (Å²) in [5, 5.41) is 6.91. The first-order valence-electron chi connectivity index (χ1n) is 9.36. The molecule has 28 heavy (non-hydrogen) atoms. The van der Waals surface area contributed by atoms with Gasteiger partial charge in [0, 0.05) is 27.9 Å². The molecule has 0 fully saturated rings. The highest BCUT2D eigenvalue weighted by molar-refractivity contribution is 6.31. The fourth-order valence-corrected chi connectivity index (χ4v) is 3.48. The molecular weight excluding hydrogens is 370 g/mol. The Kier molecular flexibility index (Phi) is 6.32. The fourth-order valence-electron chi connectivity index (χ4n) is 3.30. The van der Waals surface area contributed by atoms with Crippen molar-refractivity contribution in [3.63, 3.8) is 0 Å². The van der Waals surface area contributed by atoms with Crippen molar-refractivity contribution in [2.45, 2.75) is 27.3 Å². The summed E-state index contributed by atoms with van der Waals surface area (Å²) >= 11 is 6.44. The van der Waals surface area contributed by atoms with Crippen molar-refractivity contribution < 1.29 is 4.84 Å². The minimum atomic E-state index is 0.692. The molecule has 2 aromatic heterocycles. The lowest BCUT2D eigenvalue weighted by Gasteiger charge is -2.10. The lowest BCUT2D eigenvalue weighted by atomic mass is 10.1. The van der Waals surface area contributed by atoms with E-state index in [-0.39, 0.29) is 0 Å². The van der Waals surface area contributed by atoms with Crippen molar-refractivity contribution in [1.29, 1.82) is 0 Å². The number of nitrogens with zero attached hydrogens (tertiary/aromatic N) is 3. The van der Waals surface area contributed by atoms with Crippen LogP contribution in [0.4, 0.5) is 0 Å². The number of hydrogen-bond acceptors (Lipinski definition) is 3. The van der Waals surface area contributed by atoms with Gasteiger partial charge in [-0.2, -0.15) is 0 Å². The zero-order valence-corrected chi connectivity index (χ0v) is 17.4. The maximum atomic E-state index is 6.44. The van der Waals surface area contributed by atoms with E-state index in [4.69, 9.17) is 16.4 Å². The molecular formula is C23H24ClN3O. The highest BCUT2D eigenvalue weighted by Crippen LogP contribution is 2.30. The molecule has 0 aliphatic rings. The third kappa shape index (κ3) is 3.87. The number of aryl methyl sites for hydroxylation is 1. The van der Waals surface area contributed by atoms with E-state index in [0.717, 1.165) is 32.7 Å². The van der Waals surface area contributed by atoms with Crippen LogP contribution in [-0.4, -0.2) is 22.9 Å². The van der Waals surface area contributed by atoms with Gasteiger partial charge in [0.25, 0.3) is 0 Å². The van der Waals surface area contributed by atoms with Gasteiger partial charge in [0.05, 0.1) is 23.6 Å². The Morgan fingerprint density at radius 3 is 2.64 bits per heavy atom. The minimum Gasteiger partial charge on any atom is -0.399 e. The van der Waals surface area contributed by atoms with E-state index in [2.05, 4.69) is 52.0 Å². The van der Waals surface area contributed by atoms with E-state index in [1.54, 1.807) is 6.21 Å². The van der Waals surface area contributed by atoms with Crippen LogP contribution in [0, 0.1) is 6.92 Å². The number of halogens is 1. The van der Waals surface area contributed by atoms with Gasteiger partial charge in [0.2, 0.25) is 0 Å². The summed E-state index contributed by atoms with van der Waals surface area (Å²) in [6.45, 7) is 6.77. The first-order chi connectivity index (χ1) is 13.7. The topological polar surface area (TPSA) is 39.4 Å². The van der Waals surface area contributed by atoms with Gasteiger partial charge >= 0.3 is 0 Å². The second-order valence-electron chi connectivity index (χ2n) is 6.24. The fraction of sp³-hybridized carbons (Fsp3) is 0.217. The Bertz CT molecular complexity index is 1130. The summed E-state index contributed by atoms with van der Waals surface area (Å²) in [4.78, 5) is 9.26.